The molecule has 4 aliphatic heterocycles. The zero-order valence-corrected chi connectivity index (χ0v) is 45.4. The molecule has 5 aromatic rings. The van der Waals surface area contributed by atoms with E-state index in [9.17, 15) is 23.9 Å². The molecule has 19 heteroatoms. The Kier molecular flexibility index (Phi) is 16.3. The average molecular weight is 1060 g/mol. The molecule has 4 fully saturated rings. The number of anilines is 2. The van der Waals surface area contributed by atoms with E-state index in [1.54, 1.807) is 11.3 Å². The average Bonchev–Trinajstić information content (AvgIpc) is 4.05. The standard InChI is InChI=1S/C55H72ClFN10O6S/c1-34-22-38(23-35(2)47(34)57)27-67-44-25-41(56)24-43(48(44)62-53(67)65-31-55(32-65)29-58-30-55)64-15-13-63(14-16-64)17-19-73-21-20-72-18-12-46(69)61-50(54(5,6)7)52(71)66-28-42(68)26-45(66)51(70)60-36(3)39-8-10-40(11-9-39)49-37(4)59-33-74-49/h8-11,22-25,33,36,42,45,50,58,68H,12-21,26-32H2,1-7H3,(H,60,70)(H,61,69)/t36-,42+,45-,50+/m0/s1. The number of nitrogens with zero attached hydrogens (tertiary/aromatic N) is 7. The van der Waals surface area contributed by atoms with E-state index >= 15 is 0 Å². The lowest BCUT2D eigenvalue weighted by Gasteiger charge is -2.56. The molecule has 3 amide bonds. The van der Waals surface area contributed by atoms with Crippen LogP contribution < -0.4 is 25.8 Å². The summed E-state index contributed by atoms with van der Waals surface area (Å²) in [5.74, 6) is -0.354. The van der Waals surface area contributed by atoms with E-state index in [1.807, 2.05) is 103 Å². The van der Waals surface area contributed by atoms with Gasteiger partial charge < -0.3 is 49.8 Å². The molecule has 4 N–H and O–H groups in total. The van der Waals surface area contributed by atoms with Crippen LogP contribution in [0.25, 0.3) is 21.5 Å². The second-order valence-electron chi connectivity index (χ2n) is 22.0. The smallest absolute Gasteiger partial charge is 0.246 e. The van der Waals surface area contributed by atoms with Crippen molar-refractivity contribution in [1.29, 1.82) is 0 Å². The van der Waals surface area contributed by atoms with Gasteiger partial charge in [0.15, 0.2) is 0 Å². The molecule has 4 saturated heterocycles. The molecule has 0 unspecified atom stereocenters. The van der Waals surface area contributed by atoms with Crippen molar-refractivity contribution in [3.63, 3.8) is 0 Å². The molecule has 0 aliphatic carbocycles. The van der Waals surface area contributed by atoms with E-state index in [2.05, 4.69) is 40.2 Å². The number of carbonyl (C=O) groups excluding carboxylic acids is 3. The molecule has 0 bridgehead atoms. The van der Waals surface area contributed by atoms with Crippen LogP contribution in [0.3, 0.4) is 0 Å². The van der Waals surface area contributed by atoms with Crippen molar-refractivity contribution in [1.82, 2.24) is 40.3 Å². The number of likely N-dealkylation sites (tertiary alicyclic amines) is 1. The fraction of sp³-hybridized carbons (Fsp3) is 0.545. The molecule has 3 aromatic carbocycles. The summed E-state index contributed by atoms with van der Waals surface area (Å²) in [5.41, 5.74) is 9.60. The Bertz CT molecular complexity index is 2790. The van der Waals surface area contributed by atoms with Crippen LogP contribution in [0.4, 0.5) is 16.0 Å². The molecule has 1 spiro atoms. The van der Waals surface area contributed by atoms with Crippen LogP contribution in [-0.4, -0.2) is 157 Å². The topological polar surface area (TPSA) is 170 Å². The number of thiazole rings is 1. The van der Waals surface area contributed by atoms with Crippen molar-refractivity contribution in [2.75, 3.05) is 102 Å². The van der Waals surface area contributed by atoms with E-state index < -0.39 is 29.5 Å². The number of aliphatic hydroxyl groups is 1. The first kappa shape index (κ1) is 53.6. The summed E-state index contributed by atoms with van der Waals surface area (Å²) in [7, 11) is 0. The number of aliphatic hydroxyl groups excluding tert-OH is 1. The van der Waals surface area contributed by atoms with Crippen molar-refractivity contribution < 1.29 is 33.4 Å². The molecule has 6 heterocycles. The summed E-state index contributed by atoms with van der Waals surface area (Å²) < 4.78 is 28.6. The number of fused-ring (bicyclic) bond motifs is 1. The van der Waals surface area contributed by atoms with Crippen LogP contribution in [-0.2, 0) is 30.4 Å². The van der Waals surface area contributed by atoms with Gasteiger partial charge in [-0.1, -0.05) is 68.8 Å². The number of benzene rings is 3. The minimum Gasteiger partial charge on any atom is -0.391 e. The van der Waals surface area contributed by atoms with E-state index in [1.165, 1.54) is 4.90 Å². The van der Waals surface area contributed by atoms with Gasteiger partial charge in [0, 0.05) is 88.7 Å². The van der Waals surface area contributed by atoms with E-state index in [0.717, 1.165) is 109 Å². The number of hydrogen-bond acceptors (Lipinski definition) is 13. The highest BCUT2D eigenvalue weighted by Crippen LogP contribution is 2.41. The summed E-state index contributed by atoms with van der Waals surface area (Å²) in [5, 5.41) is 20.7. The third kappa shape index (κ3) is 11.9. The number of amides is 3. The van der Waals surface area contributed by atoms with Gasteiger partial charge in [0.2, 0.25) is 23.7 Å². The van der Waals surface area contributed by atoms with Gasteiger partial charge in [0.05, 0.1) is 72.4 Å². The molecule has 0 radical (unpaired) electrons. The van der Waals surface area contributed by atoms with Gasteiger partial charge in [-0.25, -0.2) is 14.4 Å². The summed E-state index contributed by atoms with van der Waals surface area (Å²) in [4.78, 5) is 60.4. The summed E-state index contributed by atoms with van der Waals surface area (Å²) >= 11 is 8.45. The molecule has 74 heavy (non-hydrogen) atoms. The molecule has 9 rings (SSSR count). The van der Waals surface area contributed by atoms with Crippen molar-refractivity contribution in [2.24, 2.45) is 10.8 Å². The highest BCUT2D eigenvalue weighted by molar-refractivity contribution is 7.13. The minimum absolute atomic E-state index is 0.00451. The van der Waals surface area contributed by atoms with Gasteiger partial charge in [-0.2, -0.15) is 0 Å². The summed E-state index contributed by atoms with van der Waals surface area (Å²) in [6.07, 6.45) is -0.723. The maximum atomic E-state index is 14.7. The predicted octanol–water partition coefficient (Wildman–Crippen LogP) is 6.25. The van der Waals surface area contributed by atoms with Gasteiger partial charge >= 0.3 is 0 Å². The Balaban J connectivity index is 0.706. The number of aryl methyl sites for hydroxylation is 3. The second-order valence-corrected chi connectivity index (χ2v) is 23.3. The fourth-order valence-electron chi connectivity index (χ4n) is 10.9. The van der Waals surface area contributed by atoms with Gasteiger partial charge in [0.25, 0.3) is 0 Å². The zero-order valence-electron chi connectivity index (χ0n) is 43.8. The number of hydrogen-bond donors (Lipinski definition) is 4. The molecule has 4 aliphatic rings. The monoisotopic (exact) mass is 1050 g/mol. The number of piperazine rings is 1. The van der Waals surface area contributed by atoms with Crippen molar-refractivity contribution in [3.05, 3.63) is 92.8 Å². The second kappa shape index (κ2) is 22.6. The first-order valence-corrected chi connectivity index (χ1v) is 27.2. The maximum Gasteiger partial charge on any atom is 0.246 e. The van der Waals surface area contributed by atoms with Crippen LogP contribution >= 0.6 is 22.9 Å². The Morgan fingerprint density at radius 2 is 1.64 bits per heavy atom. The SMILES string of the molecule is Cc1cc(Cn2c(N3CC4(CNC4)C3)nc3c(N4CCN(CCOCCOCCC(=O)N[C@H](C(=O)N5C[C@H](O)C[C@H]5C(=O)N[C@@H](C)c5ccc(-c6scnc6C)cc5)C(C)(C)C)CC4)cc(Cl)cc32)cc(C)c1F. The largest absolute Gasteiger partial charge is 0.391 e. The molecule has 398 valence electrons. The highest BCUT2D eigenvalue weighted by Gasteiger charge is 2.49. The lowest BCUT2D eigenvalue weighted by atomic mass is 9.75. The van der Waals surface area contributed by atoms with Crippen molar-refractivity contribution in [3.8, 4) is 10.4 Å². The van der Waals surface area contributed by atoms with Gasteiger partial charge in [-0.15, -0.1) is 11.3 Å². The Hall–Kier alpha value is -5.21. The van der Waals surface area contributed by atoms with Crippen molar-refractivity contribution in [2.45, 2.75) is 92.1 Å². The van der Waals surface area contributed by atoms with Gasteiger partial charge in [-0.05, 0) is 73.1 Å². The Labute approximate surface area is 442 Å². The summed E-state index contributed by atoms with van der Waals surface area (Å²) in [6.45, 7) is 23.0. The first-order valence-electron chi connectivity index (χ1n) is 26.0. The quantitative estimate of drug-likeness (QED) is 0.0688. The van der Waals surface area contributed by atoms with E-state index in [4.69, 9.17) is 26.1 Å². The Morgan fingerprint density at radius 3 is 2.27 bits per heavy atom. The maximum absolute atomic E-state index is 14.7. The first-order chi connectivity index (χ1) is 35.4. The van der Waals surface area contributed by atoms with Gasteiger partial charge in [0.1, 0.15) is 23.4 Å². The zero-order chi connectivity index (χ0) is 52.5. The number of aromatic nitrogens is 3. The number of halogens is 2. The third-order valence-electron chi connectivity index (χ3n) is 15.1. The minimum atomic E-state index is -0.931. The van der Waals surface area contributed by atoms with E-state index in [-0.39, 0.29) is 49.7 Å². The molecule has 0 saturated carbocycles. The molecule has 16 nitrogen and oxygen atoms in total. The van der Waals surface area contributed by atoms with Crippen LogP contribution in [0.5, 0.6) is 0 Å². The Morgan fingerprint density at radius 1 is 0.946 bits per heavy atom. The van der Waals surface area contributed by atoms with Gasteiger partial charge in [-0.3, -0.25) is 19.3 Å². The predicted molar refractivity (Wildman–Crippen MR) is 288 cm³/mol. The van der Waals surface area contributed by atoms with Crippen molar-refractivity contribution >= 4 is 63.3 Å². The molecular formula is C55H72ClFN10O6S. The van der Waals surface area contributed by atoms with Crippen LogP contribution in [0.15, 0.2) is 54.0 Å². The lowest BCUT2D eigenvalue weighted by molar-refractivity contribution is -0.144. The van der Waals surface area contributed by atoms with Crippen LogP contribution in [0.2, 0.25) is 5.02 Å². The normalized spacial score (nSPS) is 19.7. The van der Waals surface area contributed by atoms with Crippen LogP contribution in [0.1, 0.15) is 74.5 Å². The number of ether oxygens (including phenoxy) is 2. The number of carbonyl (C=O) groups is 3. The lowest BCUT2D eigenvalue weighted by Crippen LogP contribution is -2.71. The van der Waals surface area contributed by atoms with E-state index in [0.29, 0.717) is 47.9 Å². The fourth-order valence-corrected chi connectivity index (χ4v) is 11.9. The number of imidazole rings is 1. The molecular weight excluding hydrogens is 983 g/mol. The van der Waals surface area contributed by atoms with Crippen LogP contribution in [0, 0.1) is 37.4 Å². The highest BCUT2D eigenvalue weighted by atomic mass is 35.5. The summed E-state index contributed by atoms with van der Waals surface area (Å²) in [6, 6.07) is 13.7. The number of β-amino-alcohol motifs (C(OH)–C–C–N with tert-alkyl or cyclic N) is 1. The molecule has 4 atom stereocenters. The third-order valence-corrected chi connectivity index (χ3v) is 16.3. The number of nitrogens with one attached hydrogen (secondary N) is 3. The number of rotatable bonds is 19. The molecule has 2 aromatic heterocycles.